The maximum absolute atomic E-state index is 12.5. The molecule has 3 rings (SSSR count). The largest absolute Gasteiger partial charge is 0.335 e. The summed E-state index contributed by atoms with van der Waals surface area (Å²) in [6.45, 7) is 2.85. The number of hydrogen-bond donors (Lipinski definition) is 2. The van der Waals surface area contributed by atoms with Gasteiger partial charge in [-0.05, 0) is 43.2 Å². The Bertz CT molecular complexity index is 601. The molecule has 2 unspecified atom stereocenters. The lowest BCUT2D eigenvalue weighted by molar-refractivity contribution is -0.123. The highest BCUT2D eigenvalue weighted by atomic mass is 16.2. The van der Waals surface area contributed by atoms with Crippen LogP contribution in [0.1, 0.15) is 49.3 Å². The highest BCUT2D eigenvalue weighted by Gasteiger charge is 2.43. The van der Waals surface area contributed by atoms with Crippen molar-refractivity contribution in [2.75, 3.05) is 6.54 Å². The van der Waals surface area contributed by atoms with E-state index in [-0.39, 0.29) is 11.9 Å². The molecule has 116 valence electrons. The van der Waals surface area contributed by atoms with Gasteiger partial charge in [0, 0.05) is 24.5 Å². The van der Waals surface area contributed by atoms with E-state index < -0.39 is 6.04 Å². The molecule has 22 heavy (non-hydrogen) atoms. The predicted octanol–water partition coefficient (Wildman–Crippen LogP) is 1.99. The minimum Gasteiger partial charge on any atom is -0.335 e. The van der Waals surface area contributed by atoms with E-state index in [2.05, 4.69) is 21.7 Å². The molecule has 0 bridgehead atoms. The van der Waals surface area contributed by atoms with Gasteiger partial charge in [-0.25, -0.2) is 0 Å². The van der Waals surface area contributed by atoms with Gasteiger partial charge in [-0.15, -0.1) is 0 Å². The summed E-state index contributed by atoms with van der Waals surface area (Å²) < 4.78 is 0. The Kier molecular flexibility index (Phi) is 4.12. The van der Waals surface area contributed by atoms with Crippen molar-refractivity contribution in [2.24, 2.45) is 5.41 Å². The van der Waals surface area contributed by atoms with E-state index in [1.54, 1.807) is 12.4 Å². The number of carbonyl (C=O) groups excluding carboxylic acids is 1. The molecule has 1 aromatic heterocycles. The first-order valence-corrected chi connectivity index (χ1v) is 7.97. The minimum absolute atomic E-state index is 0.0724. The summed E-state index contributed by atoms with van der Waals surface area (Å²) in [7, 11) is 0. The molecule has 1 aliphatic carbocycles. The smallest absolute Gasteiger partial charge is 0.238 e. The fraction of sp³-hybridized carbons (Fsp3) is 0.588. The van der Waals surface area contributed by atoms with Crippen LogP contribution in [0.4, 0.5) is 0 Å². The molecule has 1 saturated carbocycles. The lowest BCUT2D eigenvalue weighted by Gasteiger charge is -2.21. The van der Waals surface area contributed by atoms with E-state index in [0.29, 0.717) is 5.41 Å². The number of aryl methyl sites for hydroxylation is 1. The maximum atomic E-state index is 12.5. The minimum atomic E-state index is -0.637. The van der Waals surface area contributed by atoms with Crippen molar-refractivity contribution < 1.29 is 4.79 Å². The molecular weight excluding hydrogens is 276 g/mol. The van der Waals surface area contributed by atoms with Crippen LogP contribution in [0.3, 0.4) is 0 Å². The summed E-state index contributed by atoms with van der Waals surface area (Å²) in [6.07, 6.45) is 9.24. The Labute approximate surface area is 131 Å². The van der Waals surface area contributed by atoms with E-state index in [1.807, 2.05) is 13.0 Å². The Hall–Kier alpha value is -1.93. The molecule has 1 amide bonds. The van der Waals surface area contributed by atoms with Crippen LogP contribution in [0, 0.1) is 23.7 Å². The molecule has 2 N–H and O–H groups in total. The molecule has 1 aliphatic heterocycles. The monoisotopic (exact) mass is 298 g/mol. The van der Waals surface area contributed by atoms with Crippen LogP contribution in [0.25, 0.3) is 0 Å². The molecule has 2 atom stereocenters. The van der Waals surface area contributed by atoms with Crippen LogP contribution in [0.15, 0.2) is 18.5 Å². The predicted molar refractivity (Wildman–Crippen MR) is 82.8 cm³/mol. The van der Waals surface area contributed by atoms with Crippen molar-refractivity contribution in [3.05, 3.63) is 29.6 Å². The molecule has 1 spiro atoms. The van der Waals surface area contributed by atoms with E-state index in [4.69, 9.17) is 0 Å². The third kappa shape index (κ3) is 2.97. The second-order valence-corrected chi connectivity index (χ2v) is 6.71. The SMILES string of the molecule is Cc1cncc(C(C#N)NC(=O)C2CC3(CCCC3)CN2)c1. The van der Waals surface area contributed by atoms with Gasteiger partial charge in [0.25, 0.3) is 0 Å². The fourth-order valence-electron chi connectivity index (χ4n) is 3.78. The average Bonchev–Trinajstić information content (AvgIpc) is 3.15. The van der Waals surface area contributed by atoms with Crippen molar-refractivity contribution in [2.45, 2.75) is 51.1 Å². The van der Waals surface area contributed by atoms with Crippen LogP contribution in [0.5, 0.6) is 0 Å². The number of hydrogen-bond acceptors (Lipinski definition) is 4. The van der Waals surface area contributed by atoms with Gasteiger partial charge >= 0.3 is 0 Å². The molecular formula is C17H22N4O. The van der Waals surface area contributed by atoms with Crippen molar-refractivity contribution in [3.63, 3.8) is 0 Å². The Balaban J connectivity index is 1.64. The molecule has 0 radical (unpaired) electrons. The van der Waals surface area contributed by atoms with Crippen molar-refractivity contribution in [3.8, 4) is 6.07 Å². The molecule has 1 aromatic rings. The summed E-state index contributed by atoms with van der Waals surface area (Å²) in [5.74, 6) is -0.0724. The van der Waals surface area contributed by atoms with Crippen LogP contribution in [0.2, 0.25) is 0 Å². The Morgan fingerprint density at radius 1 is 1.50 bits per heavy atom. The summed E-state index contributed by atoms with van der Waals surface area (Å²) >= 11 is 0. The molecule has 1 saturated heterocycles. The van der Waals surface area contributed by atoms with Crippen LogP contribution in [-0.4, -0.2) is 23.5 Å². The average molecular weight is 298 g/mol. The van der Waals surface area contributed by atoms with Gasteiger partial charge < -0.3 is 10.6 Å². The zero-order valence-electron chi connectivity index (χ0n) is 12.9. The molecule has 2 fully saturated rings. The number of aromatic nitrogens is 1. The number of amides is 1. The lowest BCUT2D eigenvalue weighted by atomic mass is 9.84. The van der Waals surface area contributed by atoms with Gasteiger partial charge in [0.15, 0.2) is 0 Å². The Morgan fingerprint density at radius 2 is 2.27 bits per heavy atom. The zero-order valence-corrected chi connectivity index (χ0v) is 12.9. The summed E-state index contributed by atoms with van der Waals surface area (Å²) in [5, 5.41) is 15.6. The normalized spacial score (nSPS) is 24.1. The van der Waals surface area contributed by atoms with Gasteiger partial charge in [-0.3, -0.25) is 9.78 Å². The van der Waals surface area contributed by atoms with Crippen molar-refractivity contribution >= 4 is 5.91 Å². The highest BCUT2D eigenvalue weighted by Crippen LogP contribution is 2.44. The summed E-state index contributed by atoms with van der Waals surface area (Å²) in [6, 6.07) is 3.24. The summed E-state index contributed by atoms with van der Waals surface area (Å²) in [4.78, 5) is 16.6. The van der Waals surface area contributed by atoms with E-state index in [9.17, 15) is 10.1 Å². The number of nitriles is 1. The van der Waals surface area contributed by atoms with Gasteiger partial charge in [-0.2, -0.15) is 5.26 Å². The zero-order chi connectivity index (χ0) is 15.6. The van der Waals surface area contributed by atoms with Gasteiger partial charge in [0.2, 0.25) is 5.91 Å². The van der Waals surface area contributed by atoms with E-state index in [0.717, 1.165) is 24.1 Å². The quantitative estimate of drug-likeness (QED) is 0.894. The molecule has 0 aromatic carbocycles. The second-order valence-electron chi connectivity index (χ2n) is 6.71. The number of carbonyl (C=O) groups is 1. The first kappa shape index (κ1) is 15.0. The molecule has 2 heterocycles. The second kappa shape index (κ2) is 6.05. The number of rotatable bonds is 3. The van der Waals surface area contributed by atoms with Gasteiger partial charge in [-0.1, -0.05) is 12.8 Å². The fourth-order valence-corrected chi connectivity index (χ4v) is 3.78. The van der Waals surface area contributed by atoms with E-state index in [1.165, 1.54) is 25.7 Å². The topological polar surface area (TPSA) is 77.8 Å². The van der Waals surface area contributed by atoms with Crippen molar-refractivity contribution in [1.29, 1.82) is 5.26 Å². The standard InChI is InChI=1S/C17H22N4O/c1-12-6-13(10-19-9-12)15(8-18)21-16(22)14-7-17(11-20-14)4-2-3-5-17/h6,9-10,14-15,20H,2-5,7,11H2,1H3,(H,21,22). The molecule has 2 aliphatic rings. The van der Waals surface area contributed by atoms with Crippen LogP contribution >= 0.6 is 0 Å². The maximum Gasteiger partial charge on any atom is 0.238 e. The highest BCUT2D eigenvalue weighted by molar-refractivity contribution is 5.83. The van der Waals surface area contributed by atoms with Gasteiger partial charge in [0.05, 0.1) is 12.1 Å². The first-order valence-electron chi connectivity index (χ1n) is 7.97. The number of nitrogens with zero attached hydrogens (tertiary/aromatic N) is 2. The van der Waals surface area contributed by atoms with Crippen LogP contribution in [-0.2, 0) is 4.79 Å². The number of nitrogens with one attached hydrogen (secondary N) is 2. The van der Waals surface area contributed by atoms with E-state index >= 15 is 0 Å². The first-order chi connectivity index (χ1) is 10.6. The third-order valence-electron chi connectivity index (χ3n) is 4.99. The molecule has 5 nitrogen and oxygen atoms in total. The molecule has 5 heteroatoms. The number of pyridine rings is 1. The summed E-state index contributed by atoms with van der Waals surface area (Å²) in [5.41, 5.74) is 2.04. The Morgan fingerprint density at radius 3 is 2.95 bits per heavy atom. The van der Waals surface area contributed by atoms with Gasteiger partial charge in [0.1, 0.15) is 6.04 Å². The third-order valence-corrected chi connectivity index (χ3v) is 4.99. The van der Waals surface area contributed by atoms with Crippen molar-refractivity contribution in [1.82, 2.24) is 15.6 Å². The lowest BCUT2D eigenvalue weighted by Crippen LogP contribution is -2.41. The van der Waals surface area contributed by atoms with Crippen LogP contribution < -0.4 is 10.6 Å².